The molecule has 80 valence electrons. The lowest BCUT2D eigenvalue weighted by Gasteiger charge is -2.34. The molecule has 1 N–H and O–H groups in total. The van der Waals surface area contributed by atoms with E-state index in [9.17, 15) is 0 Å². The second kappa shape index (κ2) is 3.24. The Bertz CT molecular complexity index is 367. The normalized spacial score (nSPS) is 29.5. The summed E-state index contributed by atoms with van der Waals surface area (Å²) in [5.74, 6) is 0. The summed E-state index contributed by atoms with van der Waals surface area (Å²) >= 11 is 0. The summed E-state index contributed by atoms with van der Waals surface area (Å²) in [6, 6.07) is 8.88. The number of hydrogen-bond acceptors (Lipinski definition) is 2. The molecule has 0 amide bonds. The lowest BCUT2D eigenvalue weighted by atomic mass is 9.76. The molecule has 1 aromatic rings. The monoisotopic (exact) mass is 202 g/mol. The lowest BCUT2D eigenvalue weighted by molar-refractivity contribution is 0.332. The third-order valence-corrected chi connectivity index (χ3v) is 3.90. The van der Waals surface area contributed by atoms with Crippen molar-refractivity contribution in [3.8, 4) is 0 Å². The van der Waals surface area contributed by atoms with Crippen molar-refractivity contribution in [1.29, 1.82) is 0 Å². The molecule has 0 saturated carbocycles. The molecule has 1 atom stereocenters. The minimum absolute atomic E-state index is 0.392. The lowest BCUT2D eigenvalue weighted by Crippen LogP contribution is -2.45. The number of likely N-dealkylation sites (N-methyl/N-ethyl adjacent to an activating group) is 1. The average Bonchev–Trinajstić information content (AvgIpc) is 2.55. The van der Waals surface area contributed by atoms with Crippen LogP contribution in [0.1, 0.15) is 18.4 Å². The Morgan fingerprint density at radius 2 is 2.20 bits per heavy atom. The predicted molar refractivity (Wildman–Crippen MR) is 63.5 cm³/mol. The largest absolute Gasteiger partial charge is 0.373 e. The molecule has 1 aromatic carbocycles. The Kier molecular flexibility index (Phi) is 1.99. The SMILES string of the molecule is CN1CC2(CCCNC2)c2ccccc21. The molecular weight excluding hydrogens is 184 g/mol. The van der Waals surface area contributed by atoms with Crippen LogP contribution < -0.4 is 10.2 Å². The Balaban J connectivity index is 2.06. The average molecular weight is 202 g/mol. The van der Waals surface area contributed by atoms with Gasteiger partial charge in [-0.3, -0.25) is 0 Å². The van der Waals surface area contributed by atoms with Gasteiger partial charge < -0.3 is 10.2 Å². The molecule has 0 aromatic heterocycles. The summed E-state index contributed by atoms with van der Waals surface area (Å²) in [5.41, 5.74) is 3.38. The number of hydrogen-bond donors (Lipinski definition) is 1. The zero-order chi connectivity index (χ0) is 10.3. The van der Waals surface area contributed by atoms with Crippen molar-refractivity contribution >= 4 is 5.69 Å². The number of para-hydroxylation sites is 1. The molecule has 0 bridgehead atoms. The number of fused-ring (bicyclic) bond motifs is 2. The van der Waals surface area contributed by atoms with Crippen LogP contribution in [0.5, 0.6) is 0 Å². The highest BCUT2D eigenvalue weighted by Gasteiger charge is 2.41. The second-order valence-electron chi connectivity index (χ2n) is 4.93. The van der Waals surface area contributed by atoms with E-state index < -0.39 is 0 Å². The molecule has 1 unspecified atom stereocenters. The molecule has 2 heterocycles. The van der Waals surface area contributed by atoms with E-state index in [4.69, 9.17) is 0 Å². The third kappa shape index (κ3) is 1.28. The highest BCUT2D eigenvalue weighted by molar-refractivity contribution is 5.62. The molecule has 15 heavy (non-hydrogen) atoms. The number of benzene rings is 1. The molecule has 3 rings (SSSR count). The van der Waals surface area contributed by atoms with Crippen LogP contribution in [0.4, 0.5) is 5.69 Å². The van der Waals surface area contributed by atoms with Gasteiger partial charge >= 0.3 is 0 Å². The van der Waals surface area contributed by atoms with E-state index in [1.165, 1.54) is 31.6 Å². The summed E-state index contributed by atoms with van der Waals surface area (Å²) in [7, 11) is 2.21. The van der Waals surface area contributed by atoms with Crippen LogP contribution in [0.3, 0.4) is 0 Å². The molecular formula is C13H18N2. The van der Waals surface area contributed by atoms with E-state index in [1.807, 2.05) is 0 Å². The van der Waals surface area contributed by atoms with Crippen LogP contribution in [0.25, 0.3) is 0 Å². The first-order valence-electron chi connectivity index (χ1n) is 5.83. The molecule has 1 spiro atoms. The molecule has 0 radical (unpaired) electrons. The maximum Gasteiger partial charge on any atom is 0.0403 e. The zero-order valence-electron chi connectivity index (χ0n) is 9.29. The number of nitrogens with one attached hydrogen (secondary N) is 1. The topological polar surface area (TPSA) is 15.3 Å². The van der Waals surface area contributed by atoms with Crippen LogP contribution in [0.15, 0.2) is 24.3 Å². The van der Waals surface area contributed by atoms with E-state index in [-0.39, 0.29) is 0 Å². The minimum Gasteiger partial charge on any atom is -0.373 e. The minimum atomic E-state index is 0.392. The van der Waals surface area contributed by atoms with Gasteiger partial charge in [0.15, 0.2) is 0 Å². The fourth-order valence-electron chi connectivity index (χ4n) is 3.21. The fourth-order valence-corrected chi connectivity index (χ4v) is 3.21. The van der Waals surface area contributed by atoms with Gasteiger partial charge in [-0.15, -0.1) is 0 Å². The number of rotatable bonds is 0. The first-order chi connectivity index (χ1) is 7.32. The molecule has 0 aliphatic carbocycles. The number of anilines is 1. The van der Waals surface area contributed by atoms with Crippen LogP contribution in [0.2, 0.25) is 0 Å². The fraction of sp³-hybridized carbons (Fsp3) is 0.538. The maximum absolute atomic E-state index is 3.55. The Labute approximate surface area is 91.3 Å². The van der Waals surface area contributed by atoms with Crippen molar-refractivity contribution in [2.75, 3.05) is 31.6 Å². The molecule has 2 heteroatoms. The van der Waals surface area contributed by atoms with Gasteiger partial charge in [-0.25, -0.2) is 0 Å². The maximum atomic E-state index is 3.55. The van der Waals surface area contributed by atoms with Gasteiger partial charge in [0.2, 0.25) is 0 Å². The smallest absolute Gasteiger partial charge is 0.0403 e. The van der Waals surface area contributed by atoms with Gasteiger partial charge in [-0.05, 0) is 31.0 Å². The van der Waals surface area contributed by atoms with Gasteiger partial charge in [0, 0.05) is 31.2 Å². The number of piperidine rings is 1. The van der Waals surface area contributed by atoms with E-state index >= 15 is 0 Å². The first kappa shape index (κ1) is 9.22. The zero-order valence-corrected chi connectivity index (χ0v) is 9.29. The van der Waals surface area contributed by atoms with E-state index in [2.05, 4.69) is 41.5 Å². The van der Waals surface area contributed by atoms with Gasteiger partial charge in [0.1, 0.15) is 0 Å². The van der Waals surface area contributed by atoms with Crippen LogP contribution in [-0.2, 0) is 5.41 Å². The Morgan fingerprint density at radius 1 is 1.33 bits per heavy atom. The summed E-state index contributed by atoms with van der Waals surface area (Å²) in [6.45, 7) is 3.52. The van der Waals surface area contributed by atoms with Crippen molar-refractivity contribution in [3.63, 3.8) is 0 Å². The molecule has 2 nitrogen and oxygen atoms in total. The molecule has 2 aliphatic rings. The van der Waals surface area contributed by atoms with Gasteiger partial charge in [0.05, 0.1) is 0 Å². The van der Waals surface area contributed by atoms with Crippen molar-refractivity contribution in [2.24, 2.45) is 0 Å². The second-order valence-corrected chi connectivity index (χ2v) is 4.93. The predicted octanol–water partition coefficient (Wildman–Crippen LogP) is 1.76. The molecule has 1 saturated heterocycles. The first-order valence-corrected chi connectivity index (χ1v) is 5.83. The standard InChI is InChI=1S/C13H18N2/c1-15-10-13(7-4-8-14-9-13)11-5-2-3-6-12(11)15/h2-3,5-6,14H,4,7-10H2,1H3. The summed E-state index contributed by atoms with van der Waals surface area (Å²) in [4.78, 5) is 2.41. The molecule has 1 fully saturated rings. The quantitative estimate of drug-likeness (QED) is 0.689. The van der Waals surface area contributed by atoms with E-state index in [1.54, 1.807) is 5.56 Å². The summed E-state index contributed by atoms with van der Waals surface area (Å²) in [5, 5.41) is 3.55. The van der Waals surface area contributed by atoms with Crippen LogP contribution in [0, 0.1) is 0 Å². The summed E-state index contributed by atoms with van der Waals surface area (Å²) < 4.78 is 0. The van der Waals surface area contributed by atoms with Crippen LogP contribution >= 0.6 is 0 Å². The molecule has 2 aliphatic heterocycles. The van der Waals surface area contributed by atoms with Gasteiger partial charge in [-0.1, -0.05) is 18.2 Å². The number of nitrogens with zero attached hydrogens (tertiary/aromatic N) is 1. The van der Waals surface area contributed by atoms with E-state index in [0.717, 1.165) is 6.54 Å². The van der Waals surface area contributed by atoms with Crippen molar-refractivity contribution in [1.82, 2.24) is 5.32 Å². The van der Waals surface area contributed by atoms with Crippen molar-refractivity contribution < 1.29 is 0 Å². The van der Waals surface area contributed by atoms with Crippen molar-refractivity contribution in [3.05, 3.63) is 29.8 Å². The Hall–Kier alpha value is -1.02. The van der Waals surface area contributed by atoms with Gasteiger partial charge in [-0.2, -0.15) is 0 Å². The van der Waals surface area contributed by atoms with Crippen molar-refractivity contribution in [2.45, 2.75) is 18.3 Å². The summed E-state index contributed by atoms with van der Waals surface area (Å²) in [6.07, 6.45) is 2.64. The van der Waals surface area contributed by atoms with Crippen LogP contribution in [-0.4, -0.2) is 26.7 Å². The third-order valence-electron chi connectivity index (χ3n) is 3.90. The van der Waals surface area contributed by atoms with Gasteiger partial charge in [0.25, 0.3) is 0 Å². The Morgan fingerprint density at radius 3 is 3.00 bits per heavy atom. The highest BCUT2D eigenvalue weighted by Crippen LogP contribution is 2.43. The highest BCUT2D eigenvalue weighted by atomic mass is 15.1. The van der Waals surface area contributed by atoms with E-state index in [0.29, 0.717) is 5.41 Å².